The molecule has 0 aliphatic heterocycles. The summed E-state index contributed by atoms with van der Waals surface area (Å²) < 4.78 is 27.5. The summed E-state index contributed by atoms with van der Waals surface area (Å²) >= 11 is 0. The van der Waals surface area contributed by atoms with E-state index in [4.69, 9.17) is 18.9 Å². The Kier molecular flexibility index (Phi) is 7.47. The van der Waals surface area contributed by atoms with Crippen LogP contribution in [0.4, 0.5) is 0 Å². The van der Waals surface area contributed by atoms with E-state index in [0.29, 0.717) is 0 Å². The predicted molar refractivity (Wildman–Crippen MR) is 63.7 cm³/mol. The van der Waals surface area contributed by atoms with E-state index in [1.54, 1.807) is 27.7 Å². The maximum Gasteiger partial charge on any atom is 0.356 e. The lowest BCUT2D eigenvalue weighted by molar-refractivity contribution is -0.147. The molecule has 2 N–H and O–H groups in total. The Labute approximate surface area is 102 Å². The van der Waals surface area contributed by atoms with Crippen LogP contribution in [0.5, 0.6) is 0 Å². The van der Waals surface area contributed by atoms with Crippen molar-refractivity contribution in [1.82, 2.24) is 0 Å². The van der Waals surface area contributed by atoms with Crippen molar-refractivity contribution in [2.45, 2.75) is 59.2 Å². The van der Waals surface area contributed by atoms with Crippen molar-refractivity contribution in [3.63, 3.8) is 0 Å². The van der Waals surface area contributed by atoms with Crippen LogP contribution in [0.2, 0.25) is 0 Å². The molecule has 0 rings (SSSR count). The van der Waals surface area contributed by atoms with Gasteiger partial charge in [-0.05, 0) is 34.6 Å². The number of rotatable bonds is 8. The third-order valence-electron chi connectivity index (χ3n) is 1.56. The lowest BCUT2D eigenvalue weighted by Gasteiger charge is -2.24. The molecule has 0 saturated carbocycles. The molecule has 0 aromatic rings. The van der Waals surface area contributed by atoms with Gasteiger partial charge in [0.25, 0.3) is 0 Å². The quantitative estimate of drug-likeness (QED) is 0.516. The van der Waals surface area contributed by atoms with Gasteiger partial charge < -0.3 is 24.0 Å². The Hall–Kier alpha value is 0.0300. The predicted octanol–water partition coefficient (Wildman–Crippen LogP) is 1.70. The average molecular weight is 270 g/mol. The van der Waals surface area contributed by atoms with Crippen LogP contribution >= 0.6 is 7.60 Å². The molecule has 0 saturated heterocycles. The number of hydrogen-bond donors (Lipinski definition) is 2. The first-order chi connectivity index (χ1) is 7.66. The molecule has 6 nitrogen and oxygen atoms in total. The Morgan fingerprint density at radius 1 is 1.00 bits per heavy atom. The molecule has 0 aromatic carbocycles. The number of ether oxygens (including phenoxy) is 1. The van der Waals surface area contributed by atoms with Gasteiger partial charge in [-0.15, -0.1) is 0 Å². The third kappa shape index (κ3) is 7.86. The van der Waals surface area contributed by atoms with Crippen molar-refractivity contribution < 1.29 is 28.6 Å². The summed E-state index contributed by atoms with van der Waals surface area (Å²) in [5.41, 5.74) is 0. The highest BCUT2D eigenvalue weighted by Crippen LogP contribution is 2.50. The number of aliphatic hydroxyl groups is 2. The minimum absolute atomic E-state index is 0.285. The summed E-state index contributed by atoms with van der Waals surface area (Å²) in [4.78, 5) is 0. The molecule has 0 heterocycles. The molecule has 0 aliphatic rings. The standard InChI is InChI=1S/C10H23O6P/c1-7(2)15-17(13,16-8(3)4)6-14-10(12)9(5)11/h7-12H,6H2,1-5H3. The van der Waals surface area contributed by atoms with Crippen molar-refractivity contribution in [3.8, 4) is 0 Å². The Morgan fingerprint density at radius 2 is 1.41 bits per heavy atom. The SMILES string of the molecule is CC(C)OP(=O)(COC(O)C(C)O)OC(C)C. The van der Waals surface area contributed by atoms with Gasteiger partial charge in [0, 0.05) is 0 Å². The second kappa shape index (κ2) is 7.46. The molecule has 0 bridgehead atoms. The van der Waals surface area contributed by atoms with E-state index in [0.717, 1.165) is 0 Å². The molecule has 0 spiro atoms. The fourth-order valence-electron chi connectivity index (χ4n) is 1.04. The van der Waals surface area contributed by atoms with Crippen LogP contribution < -0.4 is 0 Å². The lowest BCUT2D eigenvalue weighted by atomic mass is 10.4. The van der Waals surface area contributed by atoms with Crippen LogP contribution in [0.15, 0.2) is 0 Å². The summed E-state index contributed by atoms with van der Waals surface area (Å²) in [5.74, 6) is 0. The fourth-order valence-corrected chi connectivity index (χ4v) is 2.83. The van der Waals surface area contributed by atoms with E-state index in [2.05, 4.69) is 0 Å². The highest BCUT2D eigenvalue weighted by Gasteiger charge is 2.30. The maximum absolute atomic E-state index is 12.2. The number of hydrogen-bond acceptors (Lipinski definition) is 6. The van der Waals surface area contributed by atoms with E-state index in [1.807, 2.05) is 0 Å². The monoisotopic (exact) mass is 270 g/mol. The summed E-state index contributed by atoms with van der Waals surface area (Å²) in [5, 5.41) is 18.3. The maximum atomic E-state index is 12.2. The molecule has 0 aliphatic carbocycles. The minimum Gasteiger partial charge on any atom is -0.388 e. The smallest absolute Gasteiger partial charge is 0.356 e. The van der Waals surface area contributed by atoms with Gasteiger partial charge in [0.15, 0.2) is 12.6 Å². The van der Waals surface area contributed by atoms with Crippen molar-refractivity contribution in [2.75, 3.05) is 6.35 Å². The summed E-state index contributed by atoms with van der Waals surface area (Å²) in [6, 6.07) is 0. The second-order valence-electron chi connectivity index (χ2n) is 4.35. The topological polar surface area (TPSA) is 85.2 Å². The summed E-state index contributed by atoms with van der Waals surface area (Å²) in [6.45, 7) is 8.26. The van der Waals surface area contributed by atoms with Crippen molar-refractivity contribution in [2.24, 2.45) is 0 Å². The molecule has 2 unspecified atom stereocenters. The van der Waals surface area contributed by atoms with E-state index < -0.39 is 26.3 Å². The fraction of sp³-hybridized carbons (Fsp3) is 1.00. The van der Waals surface area contributed by atoms with E-state index in [-0.39, 0.29) is 12.2 Å². The molecule has 2 atom stereocenters. The normalized spacial score (nSPS) is 16.5. The Bertz CT molecular complexity index is 239. The van der Waals surface area contributed by atoms with Crippen LogP contribution in [-0.2, 0) is 18.3 Å². The van der Waals surface area contributed by atoms with E-state index in [9.17, 15) is 9.67 Å². The summed E-state index contributed by atoms with van der Waals surface area (Å²) in [7, 11) is -3.42. The van der Waals surface area contributed by atoms with Crippen molar-refractivity contribution >= 4 is 7.60 Å². The van der Waals surface area contributed by atoms with Gasteiger partial charge in [0.05, 0.1) is 12.2 Å². The van der Waals surface area contributed by atoms with E-state index >= 15 is 0 Å². The molecular weight excluding hydrogens is 247 g/mol. The van der Waals surface area contributed by atoms with Gasteiger partial charge >= 0.3 is 7.60 Å². The summed E-state index contributed by atoms with van der Waals surface area (Å²) in [6.07, 6.45) is -3.44. The molecule has 17 heavy (non-hydrogen) atoms. The van der Waals surface area contributed by atoms with Crippen LogP contribution in [-0.4, -0.2) is 41.2 Å². The average Bonchev–Trinajstić information content (AvgIpc) is 2.11. The van der Waals surface area contributed by atoms with Crippen LogP contribution in [0.1, 0.15) is 34.6 Å². The van der Waals surface area contributed by atoms with Crippen molar-refractivity contribution in [1.29, 1.82) is 0 Å². The van der Waals surface area contributed by atoms with Crippen LogP contribution in [0.3, 0.4) is 0 Å². The molecule has 0 amide bonds. The third-order valence-corrected chi connectivity index (χ3v) is 3.51. The van der Waals surface area contributed by atoms with Gasteiger partial charge in [0.1, 0.15) is 6.10 Å². The first kappa shape index (κ1) is 17.0. The first-order valence-corrected chi connectivity index (χ1v) is 7.32. The Balaban J connectivity index is 4.44. The van der Waals surface area contributed by atoms with Gasteiger partial charge in [-0.1, -0.05) is 0 Å². The highest BCUT2D eigenvalue weighted by molar-refractivity contribution is 7.53. The van der Waals surface area contributed by atoms with Crippen LogP contribution in [0, 0.1) is 0 Å². The zero-order valence-corrected chi connectivity index (χ0v) is 11.9. The van der Waals surface area contributed by atoms with Gasteiger partial charge in [-0.25, -0.2) is 0 Å². The molecular formula is C10H23O6P. The zero-order valence-electron chi connectivity index (χ0n) is 11.0. The second-order valence-corrected chi connectivity index (χ2v) is 6.25. The molecule has 0 aromatic heterocycles. The van der Waals surface area contributed by atoms with Gasteiger partial charge in [0.2, 0.25) is 0 Å². The molecule has 0 fully saturated rings. The molecule has 104 valence electrons. The van der Waals surface area contributed by atoms with Gasteiger partial charge in [-0.2, -0.15) is 0 Å². The minimum atomic E-state index is -3.42. The van der Waals surface area contributed by atoms with Crippen LogP contribution in [0.25, 0.3) is 0 Å². The largest absolute Gasteiger partial charge is 0.388 e. The molecule has 0 radical (unpaired) electrons. The molecule has 7 heteroatoms. The van der Waals surface area contributed by atoms with Crippen molar-refractivity contribution in [3.05, 3.63) is 0 Å². The Morgan fingerprint density at radius 3 is 1.71 bits per heavy atom. The highest BCUT2D eigenvalue weighted by atomic mass is 31.2. The van der Waals surface area contributed by atoms with E-state index in [1.165, 1.54) is 6.92 Å². The van der Waals surface area contributed by atoms with Gasteiger partial charge in [-0.3, -0.25) is 4.57 Å². The number of aliphatic hydroxyl groups excluding tert-OH is 2. The lowest BCUT2D eigenvalue weighted by Crippen LogP contribution is -2.27. The first-order valence-electron chi connectivity index (χ1n) is 5.60. The zero-order chi connectivity index (χ0) is 13.6.